The molecule has 0 saturated carbocycles. The highest BCUT2D eigenvalue weighted by Gasteiger charge is 2.03. The zero-order valence-electron chi connectivity index (χ0n) is 13.7. The molecule has 0 spiro atoms. The Morgan fingerprint density at radius 1 is 1.19 bits per heavy atom. The van der Waals surface area contributed by atoms with E-state index in [2.05, 4.69) is 24.1 Å². The van der Waals surface area contributed by atoms with Crippen LogP contribution < -0.4 is 10.1 Å². The molecule has 0 fully saturated rings. The number of benzene rings is 1. The van der Waals surface area contributed by atoms with Crippen molar-refractivity contribution in [3.63, 3.8) is 0 Å². The third-order valence-electron chi connectivity index (χ3n) is 3.32. The van der Waals surface area contributed by atoms with Crippen LogP contribution in [0, 0.1) is 0 Å². The van der Waals surface area contributed by atoms with Gasteiger partial charge in [0.1, 0.15) is 10.7 Å². The van der Waals surface area contributed by atoms with Crippen LogP contribution in [0.25, 0.3) is 0 Å². The van der Waals surface area contributed by atoms with Crippen LogP contribution >= 0.6 is 12.2 Å². The van der Waals surface area contributed by atoms with E-state index in [0.29, 0.717) is 0 Å². The van der Waals surface area contributed by atoms with Gasteiger partial charge >= 0.3 is 0 Å². The van der Waals surface area contributed by atoms with E-state index >= 15 is 0 Å². The van der Waals surface area contributed by atoms with E-state index in [0.717, 1.165) is 48.9 Å². The Hall–Kier alpha value is -1.13. The standard InChI is InChI=1S/C17H28N2OS/c1-5-19(6-2)13-7-12-18-17(21)15-8-10-16(11-9-15)20-14(3)4/h8-11,14H,5-7,12-13H2,1-4H3,(H,18,21). The molecule has 118 valence electrons. The van der Waals surface area contributed by atoms with Gasteiger partial charge in [0.2, 0.25) is 0 Å². The average molecular weight is 308 g/mol. The van der Waals surface area contributed by atoms with Crippen molar-refractivity contribution in [2.75, 3.05) is 26.2 Å². The fraction of sp³-hybridized carbons (Fsp3) is 0.588. The van der Waals surface area contributed by atoms with Crippen molar-refractivity contribution >= 4 is 17.2 Å². The summed E-state index contributed by atoms with van der Waals surface area (Å²) in [6.45, 7) is 12.7. The first-order valence-electron chi connectivity index (χ1n) is 7.84. The highest BCUT2D eigenvalue weighted by atomic mass is 32.1. The van der Waals surface area contributed by atoms with Gasteiger partial charge in [-0.25, -0.2) is 0 Å². The Morgan fingerprint density at radius 3 is 2.33 bits per heavy atom. The Labute approximate surface area is 134 Å². The lowest BCUT2D eigenvalue weighted by molar-refractivity contribution is 0.242. The normalized spacial score (nSPS) is 11.0. The Bertz CT molecular complexity index is 413. The number of ether oxygens (including phenoxy) is 1. The van der Waals surface area contributed by atoms with Crippen molar-refractivity contribution in [2.45, 2.75) is 40.2 Å². The summed E-state index contributed by atoms with van der Waals surface area (Å²) in [6.07, 6.45) is 1.30. The van der Waals surface area contributed by atoms with Crippen LogP contribution in [-0.2, 0) is 0 Å². The van der Waals surface area contributed by atoms with Gasteiger partial charge in [0.15, 0.2) is 0 Å². The molecule has 0 radical (unpaired) electrons. The molecule has 0 aliphatic heterocycles. The lowest BCUT2D eigenvalue weighted by Crippen LogP contribution is -2.29. The van der Waals surface area contributed by atoms with Gasteiger partial charge in [-0.3, -0.25) is 0 Å². The number of thiocarbonyl (C=S) groups is 1. The second kappa shape index (κ2) is 9.74. The molecule has 0 amide bonds. The molecule has 0 aromatic heterocycles. The first-order chi connectivity index (χ1) is 10.1. The van der Waals surface area contributed by atoms with Crippen molar-refractivity contribution in [3.05, 3.63) is 29.8 Å². The summed E-state index contributed by atoms with van der Waals surface area (Å²) in [5, 5.41) is 3.33. The van der Waals surface area contributed by atoms with Gasteiger partial charge in [-0.1, -0.05) is 26.1 Å². The summed E-state index contributed by atoms with van der Waals surface area (Å²) in [5.41, 5.74) is 1.05. The second-order valence-corrected chi connectivity index (χ2v) is 5.74. The van der Waals surface area contributed by atoms with E-state index in [1.54, 1.807) is 0 Å². The van der Waals surface area contributed by atoms with Gasteiger partial charge in [-0.2, -0.15) is 0 Å². The highest BCUT2D eigenvalue weighted by Crippen LogP contribution is 2.14. The summed E-state index contributed by atoms with van der Waals surface area (Å²) in [5.74, 6) is 0.887. The van der Waals surface area contributed by atoms with Crippen molar-refractivity contribution < 1.29 is 4.74 Å². The van der Waals surface area contributed by atoms with E-state index in [4.69, 9.17) is 17.0 Å². The molecular formula is C17H28N2OS. The number of nitrogens with zero attached hydrogens (tertiary/aromatic N) is 1. The lowest BCUT2D eigenvalue weighted by Gasteiger charge is -2.18. The topological polar surface area (TPSA) is 24.5 Å². The minimum atomic E-state index is 0.195. The molecule has 0 heterocycles. The van der Waals surface area contributed by atoms with Crippen LogP contribution in [0.3, 0.4) is 0 Å². The molecule has 0 saturated heterocycles. The largest absolute Gasteiger partial charge is 0.491 e. The smallest absolute Gasteiger partial charge is 0.119 e. The molecule has 0 bridgehead atoms. The summed E-state index contributed by atoms with van der Waals surface area (Å²) in [6, 6.07) is 7.97. The number of nitrogens with one attached hydrogen (secondary N) is 1. The molecule has 0 atom stereocenters. The first kappa shape index (κ1) is 17.9. The quantitative estimate of drug-likeness (QED) is 0.558. The third kappa shape index (κ3) is 6.91. The van der Waals surface area contributed by atoms with Crippen molar-refractivity contribution in [1.82, 2.24) is 10.2 Å². The van der Waals surface area contributed by atoms with Gasteiger partial charge in [0, 0.05) is 12.1 Å². The lowest BCUT2D eigenvalue weighted by atomic mass is 10.2. The molecule has 1 aromatic carbocycles. The third-order valence-corrected chi connectivity index (χ3v) is 3.70. The van der Waals surface area contributed by atoms with E-state index in [1.807, 2.05) is 38.1 Å². The molecule has 1 aromatic rings. The minimum Gasteiger partial charge on any atom is -0.491 e. The van der Waals surface area contributed by atoms with E-state index in [-0.39, 0.29) is 6.10 Å². The van der Waals surface area contributed by atoms with Crippen LogP contribution in [-0.4, -0.2) is 42.2 Å². The second-order valence-electron chi connectivity index (χ2n) is 5.33. The Kier molecular flexibility index (Phi) is 8.31. The zero-order valence-corrected chi connectivity index (χ0v) is 14.5. The predicted molar refractivity (Wildman–Crippen MR) is 94.3 cm³/mol. The fourth-order valence-electron chi connectivity index (χ4n) is 2.10. The minimum absolute atomic E-state index is 0.195. The molecule has 0 unspecified atom stereocenters. The molecule has 1 N–H and O–H groups in total. The monoisotopic (exact) mass is 308 g/mol. The SMILES string of the molecule is CCN(CC)CCCNC(=S)c1ccc(OC(C)C)cc1. The number of hydrogen-bond acceptors (Lipinski definition) is 3. The van der Waals surface area contributed by atoms with E-state index in [9.17, 15) is 0 Å². The zero-order chi connectivity index (χ0) is 15.7. The average Bonchev–Trinajstić information content (AvgIpc) is 2.47. The maximum Gasteiger partial charge on any atom is 0.119 e. The molecule has 3 nitrogen and oxygen atoms in total. The van der Waals surface area contributed by atoms with Gasteiger partial charge in [-0.15, -0.1) is 0 Å². The number of rotatable bonds is 9. The maximum absolute atomic E-state index is 5.63. The Morgan fingerprint density at radius 2 is 1.81 bits per heavy atom. The molecule has 21 heavy (non-hydrogen) atoms. The summed E-state index contributed by atoms with van der Waals surface area (Å²) in [4.78, 5) is 3.23. The molecule has 0 aliphatic rings. The van der Waals surface area contributed by atoms with Crippen LogP contribution in [0.4, 0.5) is 0 Å². The first-order valence-corrected chi connectivity index (χ1v) is 8.24. The van der Waals surface area contributed by atoms with Crippen molar-refractivity contribution in [3.8, 4) is 5.75 Å². The van der Waals surface area contributed by atoms with E-state index in [1.165, 1.54) is 0 Å². The fourth-order valence-corrected chi connectivity index (χ4v) is 2.34. The number of hydrogen-bond donors (Lipinski definition) is 1. The van der Waals surface area contributed by atoms with Gasteiger partial charge in [0.05, 0.1) is 6.10 Å². The van der Waals surface area contributed by atoms with Gasteiger partial charge in [0.25, 0.3) is 0 Å². The van der Waals surface area contributed by atoms with E-state index < -0.39 is 0 Å². The predicted octanol–water partition coefficient (Wildman–Crippen LogP) is 3.47. The van der Waals surface area contributed by atoms with Crippen molar-refractivity contribution in [2.24, 2.45) is 0 Å². The molecular weight excluding hydrogens is 280 g/mol. The van der Waals surface area contributed by atoms with Gasteiger partial charge < -0.3 is 15.0 Å². The van der Waals surface area contributed by atoms with Crippen LogP contribution in [0.2, 0.25) is 0 Å². The molecule has 1 rings (SSSR count). The summed E-state index contributed by atoms with van der Waals surface area (Å²) in [7, 11) is 0. The highest BCUT2D eigenvalue weighted by molar-refractivity contribution is 7.80. The van der Waals surface area contributed by atoms with Crippen molar-refractivity contribution in [1.29, 1.82) is 0 Å². The van der Waals surface area contributed by atoms with Gasteiger partial charge in [-0.05, 0) is 64.2 Å². The van der Waals surface area contributed by atoms with Crippen LogP contribution in [0.1, 0.15) is 39.7 Å². The summed E-state index contributed by atoms with van der Waals surface area (Å²) < 4.78 is 5.63. The Balaban J connectivity index is 2.35. The maximum atomic E-state index is 5.63. The summed E-state index contributed by atoms with van der Waals surface area (Å²) >= 11 is 5.42. The molecule has 0 aliphatic carbocycles. The molecule has 4 heteroatoms. The van der Waals surface area contributed by atoms with Crippen LogP contribution in [0.15, 0.2) is 24.3 Å². The van der Waals surface area contributed by atoms with Crippen LogP contribution in [0.5, 0.6) is 5.75 Å².